The van der Waals surface area contributed by atoms with Gasteiger partial charge in [-0.05, 0) is 31.0 Å². The van der Waals surface area contributed by atoms with Gasteiger partial charge in [-0.15, -0.1) is 0 Å². The molecule has 1 aliphatic rings. The Kier molecular flexibility index (Phi) is 3.95. The summed E-state index contributed by atoms with van der Waals surface area (Å²) in [5.41, 5.74) is 6.38. The Labute approximate surface area is 116 Å². The molecule has 0 bridgehead atoms. The predicted molar refractivity (Wildman–Crippen MR) is 72.5 cm³/mol. The number of carboxylic acid groups (broad SMARTS) is 1. The summed E-state index contributed by atoms with van der Waals surface area (Å²) in [6, 6.07) is 5.08. The van der Waals surface area contributed by atoms with Crippen LogP contribution in [0.15, 0.2) is 18.2 Å². The molecule has 5 nitrogen and oxygen atoms in total. The Hall–Kier alpha value is -1.75. The first kappa shape index (κ1) is 13.7. The van der Waals surface area contributed by atoms with E-state index in [9.17, 15) is 9.59 Å². The van der Waals surface area contributed by atoms with Gasteiger partial charge in [0.2, 0.25) is 5.91 Å². The molecule has 1 fully saturated rings. The van der Waals surface area contributed by atoms with E-state index in [0.29, 0.717) is 36.5 Å². The van der Waals surface area contributed by atoms with Crippen molar-refractivity contribution in [1.29, 1.82) is 0 Å². The maximum absolute atomic E-state index is 11.1. The zero-order valence-electron chi connectivity index (χ0n) is 10.3. The Bertz CT molecular complexity index is 511. The minimum atomic E-state index is -0.734. The molecule has 0 unspecified atom stereocenters. The van der Waals surface area contributed by atoms with Crippen molar-refractivity contribution >= 4 is 29.2 Å². The number of anilines is 1. The van der Waals surface area contributed by atoms with E-state index >= 15 is 0 Å². The number of rotatable bonds is 3. The molecular formula is C13H15ClN2O3. The van der Waals surface area contributed by atoms with Crippen molar-refractivity contribution in [3.63, 3.8) is 0 Å². The summed E-state index contributed by atoms with van der Waals surface area (Å²) in [4.78, 5) is 24.0. The molecular weight excluding hydrogens is 268 g/mol. The van der Waals surface area contributed by atoms with Crippen LogP contribution in [0, 0.1) is 5.92 Å². The molecule has 0 aliphatic carbocycles. The molecule has 6 heteroatoms. The summed E-state index contributed by atoms with van der Waals surface area (Å²) in [7, 11) is 0. The fraction of sp³-hybridized carbons (Fsp3) is 0.385. The van der Waals surface area contributed by atoms with E-state index in [-0.39, 0.29) is 5.92 Å². The van der Waals surface area contributed by atoms with Gasteiger partial charge in [-0.3, -0.25) is 9.59 Å². The van der Waals surface area contributed by atoms with Crippen molar-refractivity contribution in [2.75, 3.05) is 18.0 Å². The molecule has 0 spiro atoms. The molecule has 1 aromatic carbocycles. The van der Waals surface area contributed by atoms with Gasteiger partial charge in [0.25, 0.3) is 0 Å². The molecule has 0 aromatic heterocycles. The van der Waals surface area contributed by atoms with Gasteiger partial charge in [0.05, 0.1) is 16.5 Å². The Morgan fingerprint density at radius 3 is 2.42 bits per heavy atom. The second kappa shape index (κ2) is 5.48. The van der Waals surface area contributed by atoms with E-state index < -0.39 is 11.9 Å². The second-order valence-electron chi connectivity index (χ2n) is 4.63. The summed E-state index contributed by atoms with van der Waals surface area (Å²) in [5, 5.41) is 9.27. The molecule has 0 saturated carbocycles. The highest BCUT2D eigenvalue weighted by Crippen LogP contribution is 2.27. The maximum atomic E-state index is 11.1. The number of hydrogen-bond acceptors (Lipinski definition) is 3. The number of piperidine rings is 1. The molecule has 3 N–H and O–H groups in total. The van der Waals surface area contributed by atoms with Gasteiger partial charge in [0.1, 0.15) is 0 Å². The van der Waals surface area contributed by atoms with Gasteiger partial charge in [-0.25, -0.2) is 0 Å². The Morgan fingerprint density at radius 2 is 1.95 bits per heavy atom. The number of amides is 1. The largest absolute Gasteiger partial charge is 0.481 e. The molecule has 0 atom stereocenters. The number of aliphatic carboxylic acids is 1. The van der Waals surface area contributed by atoms with Crippen LogP contribution in [0.4, 0.5) is 5.69 Å². The van der Waals surface area contributed by atoms with Gasteiger partial charge in [-0.1, -0.05) is 11.6 Å². The molecule has 1 aliphatic heterocycles. The first-order valence-electron chi connectivity index (χ1n) is 6.06. The van der Waals surface area contributed by atoms with Crippen molar-refractivity contribution in [2.45, 2.75) is 12.8 Å². The van der Waals surface area contributed by atoms with Crippen LogP contribution in [0.1, 0.15) is 23.2 Å². The van der Waals surface area contributed by atoms with Gasteiger partial charge in [0.15, 0.2) is 0 Å². The average molecular weight is 283 g/mol. The zero-order chi connectivity index (χ0) is 14.0. The number of carbonyl (C=O) groups excluding carboxylic acids is 1. The molecule has 1 aromatic rings. The Morgan fingerprint density at radius 1 is 1.32 bits per heavy atom. The summed E-state index contributed by atoms with van der Waals surface area (Å²) < 4.78 is 0. The first-order chi connectivity index (χ1) is 8.99. The molecule has 102 valence electrons. The number of benzene rings is 1. The van der Waals surface area contributed by atoms with Crippen LogP contribution in [0.25, 0.3) is 0 Å². The molecule has 1 heterocycles. The number of nitrogens with zero attached hydrogens (tertiary/aromatic N) is 1. The fourth-order valence-electron chi connectivity index (χ4n) is 2.29. The minimum Gasteiger partial charge on any atom is -0.481 e. The number of halogens is 1. The highest BCUT2D eigenvalue weighted by Gasteiger charge is 2.24. The van der Waals surface area contributed by atoms with Crippen LogP contribution in [0.3, 0.4) is 0 Å². The van der Waals surface area contributed by atoms with Crippen molar-refractivity contribution in [1.82, 2.24) is 0 Å². The van der Waals surface area contributed by atoms with E-state index in [2.05, 4.69) is 4.90 Å². The van der Waals surface area contributed by atoms with Crippen molar-refractivity contribution in [3.05, 3.63) is 28.8 Å². The maximum Gasteiger partial charge on any atom is 0.306 e. The van der Waals surface area contributed by atoms with Gasteiger partial charge >= 0.3 is 5.97 Å². The average Bonchev–Trinajstić information content (AvgIpc) is 2.38. The van der Waals surface area contributed by atoms with Crippen LogP contribution in [0.2, 0.25) is 5.02 Å². The van der Waals surface area contributed by atoms with Crippen LogP contribution < -0.4 is 10.6 Å². The fourth-order valence-corrected chi connectivity index (χ4v) is 2.55. The number of hydrogen-bond donors (Lipinski definition) is 2. The first-order valence-corrected chi connectivity index (χ1v) is 6.44. The highest BCUT2D eigenvalue weighted by molar-refractivity contribution is 6.34. The third-order valence-electron chi connectivity index (χ3n) is 3.43. The monoisotopic (exact) mass is 282 g/mol. The lowest BCUT2D eigenvalue weighted by atomic mass is 9.96. The van der Waals surface area contributed by atoms with Gasteiger partial charge < -0.3 is 15.7 Å². The van der Waals surface area contributed by atoms with Crippen LogP contribution >= 0.6 is 11.6 Å². The van der Waals surface area contributed by atoms with E-state index in [0.717, 1.165) is 5.69 Å². The van der Waals surface area contributed by atoms with Crippen LogP contribution in [0.5, 0.6) is 0 Å². The molecule has 0 radical (unpaired) electrons. The third kappa shape index (κ3) is 2.98. The van der Waals surface area contributed by atoms with Crippen molar-refractivity contribution in [2.24, 2.45) is 11.7 Å². The summed E-state index contributed by atoms with van der Waals surface area (Å²) in [5.74, 6) is -1.56. The zero-order valence-corrected chi connectivity index (χ0v) is 11.1. The second-order valence-corrected chi connectivity index (χ2v) is 5.04. The van der Waals surface area contributed by atoms with Crippen LogP contribution in [-0.4, -0.2) is 30.1 Å². The number of carboxylic acids is 1. The lowest BCUT2D eigenvalue weighted by molar-refractivity contribution is -0.142. The lowest BCUT2D eigenvalue weighted by Crippen LogP contribution is -2.36. The van der Waals surface area contributed by atoms with Crippen LogP contribution in [-0.2, 0) is 4.79 Å². The summed E-state index contributed by atoms with van der Waals surface area (Å²) >= 11 is 6.00. The smallest absolute Gasteiger partial charge is 0.306 e. The lowest BCUT2D eigenvalue weighted by Gasteiger charge is -2.32. The summed E-state index contributed by atoms with van der Waals surface area (Å²) in [6.45, 7) is 1.34. The van der Waals surface area contributed by atoms with Crippen molar-refractivity contribution in [3.8, 4) is 0 Å². The molecule has 1 amide bonds. The summed E-state index contributed by atoms with van der Waals surface area (Å²) in [6.07, 6.45) is 1.23. The normalized spacial score (nSPS) is 16.4. The highest BCUT2D eigenvalue weighted by atomic mass is 35.5. The molecule has 19 heavy (non-hydrogen) atoms. The molecule has 2 rings (SSSR count). The van der Waals surface area contributed by atoms with Gasteiger partial charge in [-0.2, -0.15) is 0 Å². The van der Waals surface area contributed by atoms with Crippen molar-refractivity contribution < 1.29 is 14.7 Å². The topological polar surface area (TPSA) is 83.6 Å². The number of primary amides is 1. The van der Waals surface area contributed by atoms with E-state index in [1.165, 1.54) is 0 Å². The predicted octanol–water partition coefficient (Wildman–Crippen LogP) is 1.74. The Balaban J connectivity index is 2.10. The minimum absolute atomic E-state index is 0.267. The molecule has 1 saturated heterocycles. The number of nitrogens with two attached hydrogens (primary N) is 1. The number of carbonyl (C=O) groups is 2. The van der Waals surface area contributed by atoms with E-state index in [4.69, 9.17) is 22.4 Å². The van der Waals surface area contributed by atoms with Gasteiger partial charge in [0, 0.05) is 18.8 Å². The SMILES string of the molecule is NC(=O)c1ccc(N2CCC(C(=O)O)CC2)cc1Cl. The van der Waals surface area contributed by atoms with E-state index in [1.54, 1.807) is 18.2 Å². The quantitative estimate of drug-likeness (QED) is 0.884. The van der Waals surface area contributed by atoms with E-state index in [1.807, 2.05) is 0 Å². The standard InChI is InChI=1S/C13H15ClN2O3/c14-11-7-9(1-2-10(11)12(15)17)16-5-3-8(4-6-16)13(18)19/h1-2,7-8H,3-6H2,(H2,15,17)(H,18,19). The third-order valence-corrected chi connectivity index (χ3v) is 3.74.